The molecule has 0 spiro atoms. The van der Waals surface area contributed by atoms with E-state index in [0.717, 1.165) is 23.6 Å². The molecule has 0 saturated heterocycles. The number of urea groups is 1. The minimum atomic E-state index is -4.74. The molecule has 8 heteroatoms. The molecule has 4 nitrogen and oxygen atoms in total. The Kier molecular flexibility index (Phi) is 7.62. The molecule has 0 saturated carbocycles. The predicted molar refractivity (Wildman–Crippen MR) is 107 cm³/mol. The fourth-order valence-electron chi connectivity index (χ4n) is 2.76. The first-order chi connectivity index (χ1) is 13.1. The van der Waals surface area contributed by atoms with Crippen molar-refractivity contribution in [3.63, 3.8) is 0 Å². The van der Waals surface area contributed by atoms with Gasteiger partial charge in [0, 0.05) is 23.7 Å². The van der Waals surface area contributed by atoms with E-state index in [9.17, 15) is 18.0 Å². The van der Waals surface area contributed by atoms with Gasteiger partial charge in [0.15, 0.2) is 0 Å². The number of thioether (sulfide) groups is 1. The molecule has 0 atom stereocenters. The van der Waals surface area contributed by atoms with Crippen LogP contribution in [-0.4, -0.2) is 24.7 Å². The molecule has 0 fully saturated rings. The van der Waals surface area contributed by atoms with Crippen molar-refractivity contribution in [2.45, 2.75) is 32.9 Å². The Hall–Kier alpha value is -2.35. The Labute approximate surface area is 166 Å². The fourth-order valence-corrected chi connectivity index (χ4v) is 3.81. The minimum absolute atomic E-state index is 0.337. The first kappa shape index (κ1) is 21.9. The van der Waals surface area contributed by atoms with E-state index in [1.165, 1.54) is 34.4 Å². The first-order valence-electron chi connectivity index (χ1n) is 8.69. The molecule has 2 aromatic carbocycles. The number of rotatable bonds is 7. The van der Waals surface area contributed by atoms with Crippen molar-refractivity contribution in [1.82, 2.24) is 5.32 Å². The van der Waals surface area contributed by atoms with Crippen molar-refractivity contribution in [2.75, 3.05) is 17.6 Å². The average molecular weight is 412 g/mol. The third kappa shape index (κ3) is 7.34. The number of hydrogen-bond acceptors (Lipinski definition) is 3. The summed E-state index contributed by atoms with van der Waals surface area (Å²) < 4.78 is 40.1. The number of anilines is 1. The number of amides is 2. The molecular weight excluding hydrogens is 389 g/mol. The third-order valence-electron chi connectivity index (χ3n) is 3.96. The zero-order valence-electron chi connectivity index (χ0n) is 15.9. The molecular formula is C20H23F3N2O2S. The van der Waals surface area contributed by atoms with Crippen LogP contribution in [0.3, 0.4) is 0 Å². The molecule has 0 radical (unpaired) electrons. The average Bonchev–Trinajstić information content (AvgIpc) is 2.57. The van der Waals surface area contributed by atoms with Crippen molar-refractivity contribution in [2.24, 2.45) is 0 Å². The quantitative estimate of drug-likeness (QED) is 0.585. The third-order valence-corrected chi connectivity index (χ3v) is 4.95. The molecule has 0 unspecified atom stereocenters. The maximum Gasteiger partial charge on any atom is 0.573 e. The maximum atomic E-state index is 12.1. The number of alkyl halides is 3. The van der Waals surface area contributed by atoms with Gasteiger partial charge in [-0.1, -0.05) is 17.7 Å². The molecule has 152 valence electrons. The number of hydrogen-bond donors (Lipinski definition) is 2. The van der Waals surface area contributed by atoms with E-state index in [0.29, 0.717) is 12.2 Å². The molecule has 2 amide bonds. The highest BCUT2D eigenvalue weighted by Crippen LogP contribution is 2.24. The zero-order chi connectivity index (χ0) is 20.7. The van der Waals surface area contributed by atoms with Gasteiger partial charge in [-0.05, 0) is 61.7 Å². The number of ether oxygens (including phenoxy) is 1. The number of nitrogens with one attached hydrogen (secondary N) is 2. The molecule has 2 rings (SSSR count). The van der Waals surface area contributed by atoms with Crippen LogP contribution in [0.4, 0.5) is 23.7 Å². The van der Waals surface area contributed by atoms with Crippen LogP contribution in [0, 0.1) is 20.8 Å². The van der Waals surface area contributed by atoms with Crippen molar-refractivity contribution in [1.29, 1.82) is 0 Å². The predicted octanol–water partition coefficient (Wildman–Crippen LogP) is 5.57. The van der Waals surface area contributed by atoms with Gasteiger partial charge in [0.1, 0.15) is 5.75 Å². The van der Waals surface area contributed by atoms with Crippen molar-refractivity contribution >= 4 is 23.5 Å². The first-order valence-corrected chi connectivity index (χ1v) is 9.84. The topological polar surface area (TPSA) is 50.4 Å². The highest BCUT2D eigenvalue weighted by molar-refractivity contribution is 7.98. The van der Waals surface area contributed by atoms with Crippen LogP contribution >= 0.6 is 11.8 Å². The van der Waals surface area contributed by atoms with E-state index in [-0.39, 0.29) is 5.75 Å². The SMILES string of the molecule is Cc1cc(C)c(CSCCNC(=O)Nc2ccc(OC(F)(F)F)cc2)c(C)c1. The van der Waals surface area contributed by atoms with E-state index in [1.54, 1.807) is 11.8 Å². The Morgan fingerprint density at radius 1 is 1.07 bits per heavy atom. The van der Waals surface area contributed by atoms with Crippen LogP contribution in [0.25, 0.3) is 0 Å². The van der Waals surface area contributed by atoms with Gasteiger partial charge in [0.05, 0.1) is 0 Å². The lowest BCUT2D eigenvalue weighted by Gasteiger charge is -2.12. The van der Waals surface area contributed by atoms with E-state index >= 15 is 0 Å². The molecule has 28 heavy (non-hydrogen) atoms. The lowest BCUT2D eigenvalue weighted by molar-refractivity contribution is -0.274. The highest BCUT2D eigenvalue weighted by Gasteiger charge is 2.30. The maximum absolute atomic E-state index is 12.1. The van der Waals surface area contributed by atoms with E-state index in [1.807, 2.05) is 0 Å². The molecule has 0 aliphatic rings. The lowest BCUT2D eigenvalue weighted by Crippen LogP contribution is -2.30. The van der Waals surface area contributed by atoms with Crippen LogP contribution in [0.1, 0.15) is 22.3 Å². The Morgan fingerprint density at radius 2 is 1.68 bits per heavy atom. The largest absolute Gasteiger partial charge is 0.573 e. The second-order valence-corrected chi connectivity index (χ2v) is 7.49. The summed E-state index contributed by atoms with van der Waals surface area (Å²) in [5.74, 6) is 1.29. The lowest BCUT2D eigenvalue weighted by atomic mass is 10.0. The summed E-state index contributed by atoms with van der Waals surface area (Å²) in [6.07, 6.45) is -4.74. The molecule has 0 aliphatic heterocycles. The summed E-state index contributed by atoms with van der Waals surface area (Å²) in [5, 5.41) is 5.30. The minimum Gasteiger partial charge on any atom is -0.406 e. The molecule has 0 aliphatic carbocycles. The van der Waals surface area contributed by atoms with Gasteiger partial charge in [-0.25, -0.2) is 4.79 Å². The van der Waals surface area contributed by atoms with Crippen molar-refractivity contribution in [3.05, 3.63) is 58.7 Å². The Balaban J connectivity index is 1.70. The second kappa shape index (κ2) is 9.73. The van der Waals surface area contributed by atoms with E-state index in [2.05, 4.69) is 48.3 Å². The van der Waals surface area contributed by atoms with Gasteiger partial charge in [-0.2, -0.15) is 11.8 Å². The number of carbonyl (C=O) groups is 1. The Morgan fingerprint density at radius 3 is 2.25 bits per heavy atom. The summed E-state index contributed by atoms with van der Waals surface area (Å²) in [5.41, 5.74) is 5.49. The normalized spacial score (nSPS) is 11.2. The Bertz CT molecular complexity index is 785. The summed E-state index contributed by atoms with van der Waals surface area (Å²) in [7, 11) is 0. The van der Waals surface area contributed by atoms with Crippen molar-refractivity contribution < 1.29 is 22.7 Å². The fraction of sp³-hybridized carbons (Fsp3) is 0.350. The summed E-state index contributed by atoms with van der Waals surface area (Å²) in [6.45, 7) is 6.77. The number of carbonyl (C=O) groups excluding carboxylic acids is 1. The van der Waals surface area contributed by atoms with E-state index < -0.39 is 12.4 Å². The van der Waals surface area contributed by atoms with Crippen LogP contribution in [0.5, 0.6) is 5.75 Å². The van der Waals surface area contributed by atoms with Crippen molar-refractivity contribution in [3.8, 4) is 5.75 Å². The molecule has 2 N–H and O–H groups in total. The number of halogens is 3. The standard InChI is InChI=1S/C20H23F3N2O2S/c1-13-10-14(2)18(15(3)11-13)12-28-9-8-24-19(26)25-16-4-6-17(7-5-16)27-20(21,22)23/h4-7,10-11H,8-9,12H2,1-3H3,(H2,24,25,26). The van der Waals surface area contributed by atoms with Crippen LogP contribution in [0.2, 0.25) is 0 Å². The van der Waals surface area contributed by atoms with Crippen LogP contribution in [0.15, 0.2) is 36.4 Å². The van der Waals surface area contributed by atoms with Gasteiger partial charge in [0.2, 0.25) is 0 Å². The van der Waals surface area contributed by atoms with Gasteiger partial charge in [-0.3, -0.25) is 0 Å². The second-order valence-electron chi connectivity index (χ2n) is 6.38. The smallest absolute Gasteiger partial charge is 0.406 e. The van der Waals surface area contributed by atoms with Gasteiger partial charge >= 0.3 is 12.4 Å². The molecule has 0 bridgehead atoms. The molecule has 2 aromatic rings. The summed E-state index contributed by atoms with van der Waals surface area (Å²) in [6, 6.07) is 8.90. The molecule has 0 aromatic heterocycles. The van der Waals surface area contributed by atoms with Gasteiger partial charge in [0.25, 0.3) is 0 Å². The number of aryl methyl sites for hydroxylation is 3. The number of benzene rings is 2. The highest BCUT2D eigenvalue weighted by atomic mass is 32.2. The summed E-state index contributed by atoms with van der Waals surface area (Å²) in [4.78, 5) is 11.9. The van der Waals surface area contributed by atoms with Gasteiger partial charge in [-0.15, -0.1) is 13.2 Å². The zero-order valence-corrected chi connectivity index (χ0v) is 16.8. The monoisotopic (exact) mass is 412 g/mol. The van der Waals surface area contributed by atoms with Crippen LogP contribution in [-0.2, 0) is 5.75 Å². The molecule has 0 heterocycles. The summed E-state index contributed by atoms with van der Waals surface area (Å²) >= 11 is 1.73. The van der Waals surface area contributed by atoms with Gasteiger partial charge < -0.3 is 15.4 Å². The van der Waals surface area contributed by atoms with E-state index in [4.69, 9.17) is 0 Å². The van der Waals surface area contributed by atoms with Crippen LogP contribution < -0.4 is 15.4 Å².